The van der Waals surface area contributed by atoms with Crippen molar-refractivity contribution in [2.24, 2.45) is 0 Å². The van der Waals surface area contributed by atoms with Crippen LogP contribution in [0.4, 0.5) is 11.4 Å². The van der Waals surface area contributed by atoms with Gasteiger partial charge in [0, 0.05) is 11.4 Å². The second kappa shape index (κ2) is 11.7. The minimum atomic E-state index is -0.100. The van der Waals surface area contributed by atoms with E-state index < -0.39 is 0 Å². The van der Waals surface area contributed by atoms with Crippen LogP contribution in [0.25, 0.3) is 33.2 Å². The van der Waals surface area contributed by atoms with Gasteiger partial charge in [-0.15, -0.1) is 0 Å². The lowest BCUT2D eigenvalue weighted by atomic mass is 10.0. The molecule has 6 rings (SSSR count). The Morgan fingerprint density at radius 1 is 0.575 bits per heavy atom. The molecule has 4 aromatic carbocycles. The van der Waals surface area contributed by atoms with Crippen LogP contribution in [-0.2, 0) is 9.59 Å². The lowest BCUT2D eigenvalue weighted by molar-refractivity contribution is -0.114. The number of nitrogens with one attached hydrogen (secondary N) is 4. The van der Waals surface area contributed by atoms with Crippen LogP contribution in [0.1, 0.15) is 0 Å². The summed E-state index contributed by atoms with van der Waals surface area (Å²) in [5, 5.41) is 7.30. The molecule has 0 aliphatic heterocycles. The molecule has 2 heterocycles. The molecule has 0 unspecified atom stereocenters. The minimum absolute atomic E-state index is 0.100. The highest BCUT2D eigenvalue weighted by atomic mass is 32.2. The summed E-state index contributed by atoms with van der Waals surface area (Å²) in [5.74, 6) is 0.311. The molecule has 0 fully saturated rings. The molecular formula is C30H24N6O2S2. The maximum absolute atomic E-state index is 12.4. The van der Waals surface area contributed by atoms with Gasteiger partial charge >= 0.3 is 0 Å². The Labute approximate surface area is 238 Å². The third-order valence-electron chi connectivity index (χ3n) is 6.09. The number of hydrogen-bond acceptors (Lipinski definition) is 6. The number of rotatable bonds is 9. The van der Waals surface area contributed by atoms with E-state index >= 15 is 0 Å². The van der Waals surface area contributed by atoms with Crippen molar-refractivity contribution in [3.63, 3.8) is 0 Å². The number of carbonyl (C=O) groups is 2. The number of para-hydroxylation sites is 4. The number of thioether (sulfide) groups is 2. The van der Waals surface area contributed by atoms with Crippen molar-refractivity contribution in [2.45, 2.75) is 10.3 Å². The zero-order valence-corrected chi connectivity index (χ0v) is 22.8. The summed E-state index contributed by atoms with van der Waals surface area (Å²) in [6, 6.07) is 30.9. The molecule has 0 aliphatic rings. The molecule has 0 saturated heterocycles. The number of aromatic nitrogens is 4. The summed E-state index contributed by atoms with van der Waals surface area (Å²) in [5.41, 5.74) is 7.14. The van der Waals surface area contributed by atoms with E-state index in [0.29, 0.717) is 0 Å². The zero-order valence-electron chi connectivity index (χ0n) is 21.2. The van der Waals surface area contributed by atoms with Gasteiger partial charge in [-0.3, -0.25) is 9.59 Å². The lowest BCUT2D eigenvalue weighted by Crippen LogP contribution is -2.14. The fourth-order valence-corrected chi connectivity index (χ4v) is 5.52. The number of nitrogens with zero attached hydrogens (tertiary/aromatic N) is 2. The van der Waals surface area contributed by atoms with Gasteiger partial charge in [-0.05, 0) is 59.7 Å². The van der Waals surface area contributed by atoms with Crippen LogP contribution in [0.5, 0.6) is 0 Å². The normalized spacial score (nSPS) is 11.1. The number of benzene rings is 4. The smallest absolute Gasteiger partial charge is 0.234 e. The van der Waals surface area contributed by atoms with E-state index in [0.717, 1.165) is 54.9 Å². The molecule has 0 spiro atoms. The van der Waals surface area contributed by atoms with Crippen LogP contribution in [0.3, 0.4) is 0 Å². The van der Waals surface area contributed by atoms with Gasteiger partial charge in [-0.1, -0.05) is 72.1 Å². The van der Waals surface area contributed by atoms with Crippen molar-refractivity contribution >= 4 is 68.8 Å². The van der Waals surface area contributed by atoms with E-state index in [-0.39, 0.29) is 23.3 Å². The highest BCUT2D eigenvalue weighted by Gasteiger charge is 2.09. The van der Waals surface area contributed by atoms with Gasteiger partial charge in [0.15, 0.2) is 10.3 Å². The Morgan fingerprint density at radius 2 is 0.975 bits per heavy atom. The molecule has 4 N–H and O–H groups in total. The third kappa shape index (κ3) is 6.19. The van der Waals surface area contributed by atoms with Crippen LogP contribution in [-0.4, -0.2) is 43.3 Å². The average molecular weight is 565 g/mol. The van der Waals surface area contributed by atoms with E-state index in [1.165, 1.54) is 23.5 Å². The van der Waals surface area contributed by atoms with Gasteiger partial charge in [-0.2, -0.15) is 0 Å². The third-order valence-corrected chi connectivity index (χ3v) is 7.83. The maximum atomic E-state index is 12.4. The number of aromatic amines is 2. The highest BCUT2D eigenvalue weighted by molar-refractivity contribution is 8.00. The van der Waals surface area contributed by atoms with Crippen molar-refractivity contribution in [2.75, 3.05) is 22.1 Å². The van der Waals surface area contributed by atoms with Crippen molar-refractivity contribution in [3.8, 4) is 11.1 Å². The van der Waals surface area contributed by atoms with Gasteiger partial charge in [0.25, 0.3) is 0 Å². The second-order valence-corrected chi connectivity index (χ2v) is 10.9. The molecule has 0 aliphatic carbocycles. The van der Waals surface area contributed by atoms with Gasteiger partial charge in [-0.25, -0.2) is 9.97 Å². The number of hydrogen-bond donors (Lipinski definition) is 4. The lowest BCUT2D eigenvalue weighted by Gasteiger charge is -2.08. The Morgan fingerprint density at radius 3 is 1.38 bits per heavy atom. The van der Waals surface area contributed by atoms with E-state index in [9.17, 15) is 9.59 Å². The topological polar surface area (TPSA) is 116 Å². The number of amides is 2. The van der Waals surface area contributed by atoms with Gasteiger partial charge < -0.3 is 20.6 Å². The predicted molar refractivity (Wildman–Crippen MR) is 163 cm³/mol. The minimum Gasteiger partial charge on any atom is -0.333 e. The number of H-pyrrole nitrogens is 2. The number of imidazole rings is 2. The molecule has 10 heteroatoms. The second-order valence-electron chi connectivity index (χ2n) is 8.95. The molecule has 6 aromatic rings. The largest absolute Gasteiger partial charge is 0.333 e. The number of carbonyl (C=O) groups excluding carboxylic acids is 2. The Hall–Kier alpha value is -4.54. The van der Waals surface area contributed by atoms with Gasteiger partial charge in [0.2, 0.25) is 11.8 Å². The molecule has 0 atom stereocenters. The number of anilines is 2. The first-order valence-electron chi connectivity index (χ1n) is 12.5. The summed E-state index contributed by atoms with van der Waals surface area (Å²) < 4.78 is 0. The van der Waals surface area contributed by atoms with Crippen molar-refractivity contribution < 1.29 is 9.59 Å². The summed E-state index contributed by atoms with van der Waals surface area (Å²) in [4.78, 5) is 40.3. The van der Waals surface area contributed by atoms with Crippen molar-refractivity contribution in [3.05, 3.63) is 97.1 Å². The van der Waals surface area contributed by atoms with E-state index in [1.54, 1.807) is 0 Å². The first kappa shape index (κ1) is 25.7. The quantitative estimate of drug-likeness (QED) is 0.148. The molecule has 0 bridgehead atoms. The zero-order chi connectivity index (χ0) is 27.3. The average Bonchev–Trinajstić information content (AvgIpc) is 3.59. The van der Waals surface area contributed by atoms with Crippen LogP contribution in [0, 0.1) is 0 Å². The first-order chi connectivity index (χ1) is 19.6. The monoisotopic (exact) mass is 564 g/mol. The standard InChI is InChI=1S/C30H24N6O2S2/c37-27(17-39-29-33-23-5-1-2-6-24(23)34-29)31-21-13-9-19(10-14-21)20-11-15-22(16-12-20)32-28(38)18-40-30-35-25-7-3-4-8-26(25)36-30/h1-16H,17-18H2,(H,31,37)(H,32,38)(H,33,34)(H,35,36). The fraction of sp³-hybridized carbons (Fsp3) is 0.0667. The van der Waals surface area contributed by atoms with Crippen molar-refractivity contribution in [1.29, 1.82) is 0 Å². The Kier molecular flexibility index (Phi) is 7.51. The SMILES string of the molecule is O=C(CSc1nc2ccccc2[nH]1)Nc1ccc(-c2ccc(NC(=O)CSc3nc4ccccc4[nH]3)cc2)cc1. The molecule has 2 amide bonds. The molecule has 2 aromatic heterocycles. The van der Waals surface area contributed by atoms with E-state index in [4.69, 9.17) is 0 Å². The highest BCUT2D eigenvalue weighted by Crippen LogP contribution is 2.25. The van der Waals surface area contributed by atoms with Crippen LogP contribution < -0.4 is 10.6 Å². The van der Waals surface area contributed by atoms with E-state index in [1.807, 2.05) is 97.1 Å². The Balaban J connectivity index is 0.982. The van der Waals surface area contributed by atoms with Crippen LogP contribution in [0.15, 0.2) is 107 Å². The first-order valence-corrected chi connectivity index (χ1v) is 14.5. The van der Waals surface area contributed by atoms with Crippen LogP contribution >= 0.6 is 23.5 Å². The molecular weight excluding hydrogens is 541 g/mol. The fourth-order valence-electron chi connectivity index (χ4n) is 4.15. The molecule has 0 saturated carbocycles. The van der Waals surface area contributed by atoms with Crippen molar-refractivity contribution in [1.82, 2.24) is 19.9 Å². The van der Waals surface area contributed by atoms with E-state index in [2.05, 4.69) is 30.6 Å². The summed E-state index contributed by atoms with van der Waals surface area (Å²) >= 11 is 2.73. The van der Waals surface area contributed by atoms with Crippen LogP contribution in [0.2, 0.25) is 0 Å². The number of fused-ring (bicyclic) bond motifs is 2. The van der Waals surface area contributed by atoms with Gasteiger partial charge in [0.05, 0.1) is 33.6 Å². The Bertz CT molecular complexity index is 1600. The maximum Gasteiger partial charge on any atom is 0.234 e. The summed E-state index contributed by atoms with van der Waals surface area (Å²) in [7, 11) is 0. The van der Waals surface area contributed by atoms with Gasteiger partial charge in [0.1, 0.15) is 0 Å². The molecule has 198 valence electrons. The summed E-state index contributed by atoms with van der Waals surface area (Å²) in [6.07, 6.45) is 0. The predicted octanol–water partition coefficient (Wildman–Crippen LogP) is 6.57. The molecule has 40 heavy (non-hydrogen) atoms. The molecule has 0 radical (unpaired) electrons. The molecule has 8 nitrogen and oxygen atoms in total. The summed E-state index contributed by atoms with van der Waals surface area (Å²) in [6.45, 7) is 0.